The standard InChI is InChI=1S/C25H20N4O5S3/c1-33-18-9-7-17(8-10-18)29-37(31,32)19-11-12-22-20(13-19)27-25(34-22)36-15-23(30)28-24-26-21(14-35-24)16-5-3-2-4-6-16/h2-14,29H,15H2,1H3,(H,26,28,30). The van der Waals surface area contributed by atoms with Crippen LogP contribution in [0, 0.1) is 0 Å². The smallest absolute Gasteiger partial charge is 0.261 e. The second-order valence-electron chi connectivity index (χ2n) is 7.68. The van der Waals surface area contributed by atoms with Gasteiger partial charge in [-0.05, 0) is 42.5 Å². The van der Waals surface area contributed by atoms with Crippen LogP contribution in [0.2, 0.25) is 0 Å². The molecule has 0 aliphatic rings. The van der Waals surface area contributed by atoms with E-state index in [1.54, 1.807) is 24.3 Å². The van der Waals surface area contributed by atoms with Crippen LogP contribution in [-0.4, -0.2) is 37.2 Å². The molecule has 0 unspecified atom stereocenters. The number of fused-ring (bicyclic) bond motifs is 1. The fourth-order valence-electron chi connectivity index (χ4n) is 3.34. The molecule has 2 N–H and O–H groups in total. The number of methoxy groups -OCH3 is 1. The Hall–Kier alpha value is -3.87. The minimum absolute atomic E-state index is 0.0383. The Balaban J connectivity index is 1.22. The van der Waals surface area contributed by atoms with E-state index in [2.05, 4.69) is 20.0 Å². The largest absolute Gasteiger partial charge is 0.497 e. The van der Waals surface area contributed by atoms with E-state index in [9.17, 15) is 13.2 Å². The zero-order valence-electron chi connectivity index (χ0n) is 19.4. The van der Waals surface area contributed by atoms with Gasteiger partial charge in [0.2, 0.25) is 5.91 Å². The molecule has 0 saturated carbocycles. The number of aromatic nitrogens is 2. The number of oxazole rings is 1. The van der Waals surface area contributed by atoms with Crippen molar-refractivity contribution < 1.29 is 22.4 Å². The zero-order valence-corrected chi connectivity index (χ0v) is 21.8. The zero-order chi connectivity index (χ0) is 25.8. The fraction of sp³-hybridized carbons (Fsp3) is 0.0800. The molecular weight excluding hydrogens is 532 g/mol. The predicted octanol–water partition coefficient (Wildman–Crippen LogP) is 5.49. The average molecular weight is 553 g/mol. The van der Waals surface area contributed by atoms with E-state index >= 15 is 0 Å². The molecule has 5 aromatic rings. The first kappa shape index (κ1) is 24.8. The van der Waals surface area contributed by atoms with Gasteiger partial charge in [-0.1, -0.05) is 42.1 Å². The van der Waals surface area contributed by atoms with Gasteiger partial charge in [0.05, 0.1) is 23.5 Å². The number of thiazole rings is 1. The predicted molar refractivity (Wildman–Crippen MR) is 145 cm³/mol. The summed E-state index contributed by atoms with van der Waals surface area (Å²) in [6, 6.07) is 20.6. The van der Waals surface area contributed by atoms with Gasteiger partial charge in [0.1, 0.15) is 11.3 Å². The molecule has 0 aliphatic carbocycles. The van der Waals surface area contributed by atoms with Crippen LogP contribution in [-0.2, 0) is 14.8 Å². The molecule has 2 aromatic heterocycles. The lowest BCUT2D eigenvalue weighted by Crippen LogP contribution is -2.13. The quantitative estimate of drug-likeness (QED) is 0.230. The molecule has 0 bridgehead atoms. The first-order valence-corrected chi connectivity index (χ1v) is 14.3. The maximum Gasteiger partial charge on any atom is 0.261 e. The van der Waals surface area contributed by atoms with Crippen molar-refractivity contribution in [3.63, 3.8) is 0 Å². The average Bonchev–Trinajstić information content (AvgIpc) is 3.54. The number of carbonyl (C=O) groups excluding carboxylic acids is 1. The third-order valence-corrected chi connectivity index (χ3v) is 8.10. The third kappa shape index (κ3) is 5.93. The van der Waals surface area contributed by atoms with Crippen molar-refractivity contribution >= 4 is 60.9 Å². The molecule has 9 nitrogen and oxygen atoms in total. The van der Waals surface area contributed by atoms with Gasteiger partial charge in [-0.3, -0.25) is 9.52 Å². The van der Waals surface area contributed by atoms with Gasteiger partial charge in [0, 0.05) is 16.6 Å². The van der Waals surface area contributed by atoms with E-state index < -0.39 is 10.0 Å². The van der Waals surface area contributed by atoms with Crippen LogP contribution in [0.15, 0.2) is 92.7 Å². The molecular formula is C25H20N4O5S3. The lowest BCUT2D eigenvalue weighted by Gasteiger charge is -2.08. The number of benzene rings is 3. The summed E-state index contributed by atoms with van der Waals surface area (Å²) in [5.74, 6) is 0.416. The minimum atomic E-state index is -3.84. The van der Waals surface area contributed by atoms with Gasteiger partial charge in [0.25, 0.3) is 15.2 Å². The first-order valence-electron chi connectivity index (χ1n) is 10.9. The molecule has 188 valence electrons. The van der Waals surface area contributed by atoms with E-state index in [1.165, 1.54) is 36.6 Å². The van der Waals surface area contributed by atoms with E-state index in [4.69, 9.17) is 9.15 Å². The lowest BCUT2D eigenvalue weighted by molar-refractivity contribution is -0.113. The van der Waals surface area contributed by atoms with Crippen molar-refractivity contribution in [2.75, 3.05) is 22.9 Å². The summed E-state index contributed by atoms with van der Waals surface area (Å²) in [5, 5.41) is 5.42. The number of sulfonamides is 1. The monoisotopic (exact) mass is 552 g/mol. The lowest BCUT2D eigenvalue weighted by atomic mass is 10.2. The molecule has 3 aromatic carbocycles. The van der Waals surface area contributed by atoms with Gasteiger partial charge in [-0.25, -0.2) is 18.4 Å². The molecule has 0 spiro atoms. The molecule has 12 heteroatoms. The van der Waals surface area contributed by atoms with E-state index in [0.29, 0.717) is 27.7 Å². The number of hydrogen-bond acceptors (Lipinski definition) is 9. The number of anilines is 2. The number of hydrogen-bond donors (Lipinski definition) is 2. The summed E-state index contributed by atoms with van der Waals surface area (Å²) >= 11 is 2.45. The third-order valence-electron chi connectivity index (χ3n) is 5.14. The summed E-state index contributed by atoms with van der Waals surface area (Å²) in [7, 11) is -2.31. The molecule has 0 radical (unpaired) electrons. The highest BCUT2D eigenvalue weighted by Crippen LogP contribution is 2.28. The van der Waals surface area contributed by atoms with Crippen LogP contribution in [0.1, 0.15) is 0 Å². The van der Waals surface area contributed by atoms with Crippen molar-refractivity contribution in [2.24, 2.45) is 0 Å². The Morgan fingerprint density at radius 1 is 1.05 bits per heavy atom. The number of nitrogens with zero attached hydrogens (tertiary/aromatic N) is 2. The van der Waals surface area contributed by atoms with E-state index in [-0.39, 0.29) is 21.8 Å². The van der Waals surface area contributed by atoms with Gasteiger partial charge in [-0.2, -0.15) is 0 Å². The summed E-state index contributed by atoms with van der Waals surface area (Å²) < 4.78 is 38.9. The fourth-order valence-corrected chi connectivity index (χ4v) is 5.80. The highest BCUT2D eigenvalue weighted by Gasteiger charge is 2.18. The summed E-state index contributed by atoms with van der Waals surface area (Å²) in [5.41, 5.74) is 2.95. The van der Waals surface area contributed by atoms with Gasteiger partial charge in [0.15, 0.2) is 10.7 Å². The Labute approximate surface area is 221 Å². The van der Waals surface area contributed by atoms with E-state index in [1.807, 2.05) is 35.7 Å². The Morgan fingerprint density at radius 3 is 2.59 bits per heavy atom. The number of carbonyl (C=O) groups is 1. The molecule has 0 aliphatic heterocycles. The van der Waals surface area contributed by atoms with Crippen LogP contribution >= 0.6 is 23.1 Å². The molecule has 0 fully saturated rings. The maximum absolute atomic E-state index is 12.8. The maximum atomic E-state index is 12.8. The van der Waals surface area contributed by atoms with Gasteiger partial charge >= 0.3 is 0 Å². The first-order chi connectivity index (χ1) is 17.9. The van der Waals surface area contributed by atoms with Crippen molar-refractivity contribution in [2.45, 2.75) is 10.1 Å². The normalized spacial score (nSPS) is 11.4. The second kappa shape index (κ2) is 10.6. The summed E-state index contributed by atoms with van der Waals surface area (Å²) in [6.45, 7) is 0. The number of thioether (sulfide) groups is 1. The molecule has 37 heavy (non-hydrogen) atoms. The van der Waals surface area contributed by atoms with Crippen LogP contribution in [0.25, 0.3) is 22.4 Å². The van der Waals surface area contributed by atoms with Crippen LogP contribution in [0.3, 0.4) is 0 Å². The van der Waals surface area contributed by atoms with Crippen LogP contribution in [0.5, 0.6) is 5.75 Å². The van der Waals surface area contributed by atoms with Crippen molar-refractivity contribution in [1.82, 2.24) is 9.97 Å². The second-order valence-corrected chi connectivity index (χ2v) is 11.2. The van der Waals surface area contributed by atoms with Crippen molar-refractivity contribution in [1.29, 1.82) is 0 Å². The number of rotatable bonds is 9. The number of amides is 1. The summed E-state index contributed by atoms with van der Waals surface area (Å²) in [6.07, 6.45) is 0. The van der Waals surface area contributed by atoms with Crippen molar-refractivity contribution in [3.8, 4) is 17.0 Å². The van der Waals surface area contributed by atoms with E-state index in [0.717, 1.165) is 23.0 Å². The molecule has 5 rings (SSSR count). The number of ether oxygens (including phenoxy) is 1. The Kier molecular flexibility index (Phi) is 7.12. The summed E-state index contributed by atoms with van der Waals surface area (Å²) in [4.78, 5) is 21.2. The highest BCUT2D eigenvalue weighted by atomic mass is 32.2. The van der Waals surface area contributed by atoms with Crippen LogP contribution in [0.4, 0.5) is 10.8 Å². The van der Waals surface area contributed by atoms with Crippen molar-refractivity contribution in [3.05, 3.63) is 78.2 Å². The number of nitrogens with one attached hydrogen (secondary N) is 2. The molecule has 0 atom stereocenters. The van der Waals surface area contributed by atoms with Gasteiger partial charge < -0.3 is 14.5 Å². The molecule has 2 heterocycles. The van der Waals surface area contributed by atoms with Gasteiger partial charge in [-0.15, -0.1) is 11.3 Å². The minimum Gasteiger partial charge on any atom is -0.497 e. The SMILES string of the molecule is COc1ccc(NS(=O)(=O)c2ccc3oc(SCC(=O)Nc4nc(-c5ccccc5)cs4)nc3c2)cc1. The Bertz CT molecular complexity index is 1650. The molecule has 1 amide bonds. The van der Waals surface area contributed by atoms with Crippen LogP contribution < -0.4 is 14.8 Å². The topological polar surface area (TPSA) is 123 Å². The highest BCUT2D eigenvalue weighted by molar-refractivity contribution is 7.99. The molecule has 0 saturated heterocycles. The Morgan fingerprint density at radius 2 is 1.84 bits per heavy atom.